The molecule has 3 aliphatic rings. The molecule has 0 heterocycles. The Morgan fingerprint density at radius 1 is 0.667 bits per heavy atom. The van der Waals surface area contributed by atoms with E-state index in [0.29, 0.717) is 47.2 Å². The first kappa shape index (κ1) is 60.4. The molecule has 2 unspecified atom stereocenters. The molecule has 3 aliphatic carbocycles. The van der Waals surface area contributed by atoms with Gasteiger partial charge in [-0.05, 0) is 119 Å². The van der Waals surface area contributed by atoms with E-state index in [1.54, 1.807) is 86.6 Å². The van der Waals surface area contributed by atoms with Crippen molar-refractivity contribution < 1.29 is 29.4 Å². The molecule has 75 heavy (non-hydrogen) atoms. The number of ketones is 1. The summed E-state index contributed by atoms with van der Waals surface area (Å²) in [6.07, 6.45) is 4.63. The van der Waals surface area contributed by atoms with Gasteiger partial charge in [-0.3, -0.25) is 19.2 Å². The Morgan fingerprint density at radius 2 is 1.13 bits per heavy atom. The first-order valence-electron chi connectivity index (χ1n) is 24.1. The molecule has 382 valence electrons. The second-order valence-corrected chi connectivity index (χ2v) is 17.9. The smallest absolute Gasteiger partial charge is 0.307 e. The summed E-state index contributed by atoms with van der Waals surface area (Å²) in [5.74, 6) is -1.13. The zero-order chi connectivity index (χ0) is 55.9. The minimum atomic E-state index is -0.824. The lowest BCUT2D eigenvalue weighted by Gasteiger charge is -2.12. The van der Waals surface area contributed by atoms with Gasteiger partial charge in [0.1, 0.15) is 0 Å². The molecular formula is C62H61ClN6O6. The zero-order valence-corrected chi connectivity index (χ0v) is 44.6. The maximum Gasteiger partial charge on any atom is 0.307 e. The summed E-state index contributed by atoms with van der Waals surface area (Å²) >= 11 is 5.54. The Balaban J connectivity index is 0.000000249. The number of amides is 1. The van der Waals surface area contributed by atoms with E-state index in [4.69, 9.17) is 54.7 Å². The van der Waals surface area contributed by atoms with E-state index >= 15 is 0 Å². The highest BCUT2D eigenvalue weighted by Gasteiger charge is 2.27. The van der Waals surface area contributed by atoms with Crippen LogP contribution in [-0.4, -0.2) is 52.8 Å². The van der Waals surface area contributed by atoms with Gasteiger partial charge in [-0.2, -0.15) is 0 Å². The van der Waals surface area contributed by atoms with Gasteiger partial charge in [-0.1, -0.05) is 124 Å². The predicted octanol–water partition coefficient (Wildman–Crippen LogP) is 16.1. The molecule has 0 radical (unpaired) electrons. The van der Waals surface area contributed by atoms with E-state index in [0.717, 1.165) is 85.2 Å². The van der Waals surface area contributed by atoms with Gasteiger partial charge < -0.3 is 15.1 Å². The van der Waals surface area contributed by atoms with E-state index in [9.17, 15) is 19.2 Å². The maximum absolute atomic E-state index is 12.0. The topological polar surface area (TPSA) is 134 Å². The molecule has 0 saturated carbocycles. The number of fused-ring (bicyclic) bond motifs is 3. The van der Waals surface area contributed by atoms with Crippen LogP contribution in [0, 0.1) is 44.7 Å². The second-order valence-electron chi connectivity index (χ2n) is 17.6. The van der Waals surface area contributed by atoms with Crippen molar-refractivity contribution >= 4 is 80.4 Å². The summed E-state index contributed by atoms with van der Waals surface area (Å²) in [6, 6.07) is 30.8. The molecule has 0 aliphatic heterocycles. The van der Waals surface area contributed by atoms with Crippen LogP contribution in [0.3, 0.4) is 0 Å². The van der Waals surface area contributed by atoms with Crippen LogP contribution in [-0.2, 0) is 39.5 Å². The zero-order valence-electron chi connectivity index (χ0n) is 43.9. The normalized spacial score (nSPS) is 13.8. The summed E-state index contributed by atoms with van der Waals surface area (Å²) in [7, 11) is 3.53. The van der Waals surface area contributed by atoms with Gasteiger partial charge >= 0.3 is 11.9 Å². The van der Waals surface area contributed by atoms with E-state index < -0.39 is 11.9 Å². The number of allylic oxidation sites excluding steroid dienone is 4. The van der Waals surface area contributed by atoms with Crippen LogP contribution in [0.2, 0.25) is 0 Å². The first-order chi connectivity index (χ1) is 35.8. The predicted molar refractivity (Wildman–Crippen MR) is 300 cm³/mol. The third kappa shape index (κ3) is 16.9. The van der Waals surface area contributed by atoms with E-state index in [2.05, 4.69) is 30.3 Å². The minimum Gasteiger partial charge on any atom is -0.481 e. The molecule has 0 aromatic heterocycles. The molecular weight excluding hydrogens is 960 g/mol. The third-order valence-electron chi connectivity index (χ3n) is 12.3. The standard InChI is InChI=1S/C17H18N2O.C13H11NO2.C11H11NO2.C11H9NO.C8H6ClN.C2H6/c1-6-13-11(2)15(10-17(20)19(4)5)16-9-12(18-3)7-8-14(13)16;1-8-5-9-3-4-10(14-2)6-12(9)11(8)7-13(15)16;1-8(11(13)14)7-9-3-5-10(12-2)6-4-9;1-7-5-8-3-4-9(12-2)6-10(8)11(7)13;1-10-8-4-2-7(6-9)3-5-8;1-2/h6-9H,10H2,1-2,4-5H3;3-4,6H,5,7H2,1H3,(H,15,16);3-6,8H,7H2,1H3,(H,13,14);3-4,6-7H,5H2,1H3;2-5H,6H2;1-2H3/b13-6-;;;;;. The molecule has 0 spiro atoms. The van der Waals surface area contributed by atoms with Crippen LogP contribution >= 0.6 is 11.6 Å². The summed E-state index contributed by atoms with van der Waals surface area (Å²) in [5, 5.41) is 17.5. The van der Waals surface area contributed by atoms with Crippen molar-refractivity contribution in [2.45, 2.75) is 86.5 Å². The maximum atomic E-state index is 12.0. The molecule has 1 amide bonds. The number of alkyl halides is 1. The van der Waals surface area contributed by atoms with Crippen LogP contribution in [0.4, 0.5) is 28.4 Å². The number of benzene rings is 5. The third-order valence-corrected chi connectivity index (χ3v) is 12.6. The Hall–Kier alpha value is -8.86. The summed E-state index contributed by atoms with van der Waals surface area (Å²) in [5.41, 5.74) is 16.3. The largest absolute Gasteiger partial charge is 0.481 e. The summed E-state index contributed by atoms with van der Waals surface area (Å²) in [4.78, 5) is 63.2. The number of nitrogens with zero attached hydrogens (tertiary/aromatic N) is 6. The lowest BCUT2D eigenvalue weighted by Crippen LogP contribution is -2.21. The molecule has 5 aromatic rings. The average molecular weight is 1020 g/mol. The Bertz CT molecular complexity index is 3220. The molecule has 2 atom stereocenters. The number of aliphatic carboxylic acids is 2. The van der Waals surface area contributed by atoms with Crippen LogP contribution in [0.5, 0.6) is 0 Å². The molecule has 0 fully saturated rings. The monoisotopic (exact) mass is 1020 g/mol. The van der Waals surface area contributed by atoms with Crippen LogP contribution in [0.1, 0.15) is 111 Å². The number of hydrogen-bond acceptors (Lipinski definition) is 4. The first-order valence-corrected chi connectivity index (χ1v) is 24.6. The number of hydrogen-bond donors (Lipinski definition) is 2. The van der Waals surface area contributed by atoms with Gasteiger partial charge in [-0.25, -0.2) is 24.2 Å². The molecule has 2 N–H and O–H groups in total. The van der Waals surface area contributed by atoms with E-state index in [-0.39, 0.29) is 29.9 Å². The van der Waals surface area contributed by atoms with E-state index in [1.807, 2.05) is 84.0 Å². The second kappa shape index (κ2) is 29.6. The van der Waals surface area contributed by atoms with Gasteiger partial charge in [0, 0.05) is 31.5 Å². The Labute approximate surface area is 447 Å². The lowest BCUT2D eigenvalue weighted by molar-refractivity contribution is -0.141. The quantitative estimate of drug-likeness (QED) is 0.117. The number of halogens is 1. The fraction of sp³-hybridized carbons (Fsp3) is 0.274. The Kier molecular flexibility index (Phi) is 23.9. The van der Waals surface area contributed by atoms with Crippen LogP contribution < -0.4 is 0 Å². The number of Topliss-reactive ketones (excluding diaryl/α,β-unsaturated/α-hetero) is 1. The van der Waals surface area contributed by atoms with Crippen molar-refractivity contribution in [1.29, 1.82) is 0 Å². The summed E-state index contributed by atoms with van der Waals surface area (Å²) in [6.45, 7) is 48.0. The highest BCUT2D eigenvalue weighted by Crippen LogP contribution is 2.44. The van der Waals surface area contributed by atoms with Crippen molar-refractivity contribution in [3.05, 3.63) is 222 Å². The van der Waals surface area contributed by atoms with Crippen LogP contribution in [0.15, 0.2) is 120 Å². The number of carbonyl (C=O) groups excluding carboxylic acids is 2. The molecule has 0 bridgehead atoms. The molecule has 5 aromatic carbocycles. The Morgan fingerprint density at radius 3 is 1.60 bits per heavy atom. The van der Waals surface area contributed by atoms with Gasteiger partial charge in [0.15, 0.2) is 34.2 Å². The fourth-order valence-electron chi connectivity index (χ4n) is 8.19. The van der Waals surface area contributed by atoms with Crippen molar-refractivity contribution in [1.82, 2.24) is 4.90 Å². The van der Waals surface area contributed by atoms with Crippen molar-refractivity contribution in [3.8, 4) is 0 Å². The lowest BCUT2D eigenvalue weighted by atomic mass is 10.0. The number of carboxylic acids is 2. The van der Waals surface area contributed by atoms with Gasteiger partial charge in [0.05, 0.1) is 51.6 Å². The van der Waals surface area contributed by atoms with Gasteiger partial charge in [-0.15, -0.1) is 11.6 Å². The fourth-order valence-corrected chi connectivity index (χ4v) is 8.37. The average Bonchev–Trinajstić information content (AvgIpc) is 4.00. The van der Waals surface area contributed by atoms with E-state index in [1.165, 1.54) is 0 Å². The highest BCUT2D eigenvalue weighted by molar-refractivity contribution is 6.17. The number of carbonyl (C=O) groups is 4. The number of rotatable bonds is 8. The van der Waals surface area contributed by atoms with Gasteiger partial charge in [0.25, 0.3) is 0 Å². The van der Waals surface area contributed by atoms with Crippen molar-refractivity contribution in [2.75, 3.05) is 14.1 Å². The van der Waals surface area contributed by atoms with Crippen LogP contribution in [0.25, 0.3) is 40.9 Å². The highest BCUT2D eigenvalue weighted by atomic mass is 35.5. The summed E-state index contributed by atoms with van der Waals surface area (Å²) < 4.78 is 0. The SMILES string of the molecule is CC.[C-]#[N+]c1ccc(CC(C)C(=O)O)cc1.[C-]#[N+]c1ccc(CCl)cc1.[C-]#[N+]c1ccc2c(c1)C(=O)C(C)C2.[C-]#[N+]c1ccc2c(c1)C(CC(=O)N(C)C)=C(C)/C2=C/C.[C-]#[N+]c1ccc2c(c1)C(CC(=O)O)=C(C)C2. The molecule has 0 saturated heterocycles. The van der Waals surface area contributed by atoms with Crippen molar-refractivity contribution in [3.63, 3.8) is 0 Å². The number of carboxylic acid groups (broad SMARTS) is 2. The minimum absolute atomic E-state index is 0.0420. The molecule has 13 heteroatoms. The van der Waals surface area contributed by atoms with Gasteiger partial charge in [0.2, 0.25) is 5.91 Å². The molecule has 12 nitrogen and oxygen atoms in total. The van der Waals surface area contributed by atoms with Crippen molar-refractivity contribution in [2.24, 2.45) is 11.8 Å². The molecule has 8 rings (SSSR count).